The van der Waals surface area contributed by atoms with Gasteiger partial charge in [0, 0.05) is 32.2 Å². The van der Waals surface area contributed by atoms with Crippen LogP contribution in [0.25, 0.3) is 0 Å². The molecular formula is C12H23N3. The van der Waals surface area contributed by atoms with Crippen LogP contribution in [0, 0.1) is 11.8 Å². The highest BCUT2D eigenvalue weighted by Crippen LogP contribution is 2.37. The van der Waals surface area contributed by atoms with Crippen molar-refractivity contribution in [1.82, 2.24) is 15.1 Å². The minimum atomic E-state index is 0.913. The quantitative estimate of drug-likeness (QED) is 0.667. The summed E-state index contributed by atoms with van der Waals surface area (Å²) in [6.07, 6.45) is 2.92. The van der Waals surface area contributed by atoms with Crippen LogP contribution >= 0.6 is 0 Å². The Morgan fingerprint density at radius 1 is 0.933 bits per heavy atom. The van der Waals surface area contributed by atoms with Crippen molar-refractivity contribution in [3.8, 4) is 0 Å². The lowest BCUT2D eigenvalue weighted by Crippen LogP contribution is -2.48. The molecule has 0 aromatic carbocycles. The molecule has 0 radical (unpaired) electrons. The van der Waals surface area contributed by atoms with Crippen molar-refractivity contribution in [2.75, 3.05) is 46.3 Å². The Balaban J connectivity index is 1.56. The number of rotatable bonds is 1. The van der Waals surface area contributed by atoms with E-state index in [4.69, 9.17) is 0 Å². The second-order valence-corrected chi connectivity index (χ2v) is 5.64. The van der Waals surface area contributed by atoms with Crippen molar-refractivity contribution in [2.24, 2.45) is 11.8 Å². The molecule has 3 fully saturated rings. The Morgan fingerprint density at radius 2 is 1.53 bits per heavy atom. The lowest BCUT2D eigenvalue weighted by atomic mass is 10.0. The number of nitrogens with one attached hydrogen (secondary N) is 1. The maximum Gasteiger partial charge on any atom is 0.0113 e. The van der Waals surface area contributed by atoms with E-state index in [-0.39, 0.29) is 0 Å². The normalized spacial score (nSPS) is 43.4. The molecule has 2 aliphatic heterocycles. The summed E-state index contributed by atoms with van der Waals surface area (Å²) in [6.45, 7) is 7.71. The van der Waals surface area contributed by atoms with Gasteiger partial charge in [0.15, 0.2) is 0 Å². The molecule has 0 spiro atoms. The molecule has 1 saturated carbocycles. The van der Waals surface area contributed by atoms with Gasteiger partial charge in [-0.05, 0) is 44.8 Å². The second kappa shape index (κ2) is 4.04. The average molecular weight is 209 g/mol. The van der Waals surface area contributed by atoms with Gasteiger partial charge in [0.1, 0.15) is 0 Å². The molecule has 1 N–H and O–H groups in total. The van der Waals surface area contributed by atoms with Crippen LogP contribution in [-0.4, -0.2) is 62.2 Å². The average Bonchev–Trinajstić information content (AvgIpc) is 2.78. The van der Waals surface area contributed by atoms with Gasteiger partial charge in [-0.25, -0.2) is 0 Å². The SMILES string of the molecule is CN1CCN(C2CC3CNCC3C2)CC1. The van der Waals surface area contributed by atoms with Gasteiger partial charge in [-0.2, -0.15) is 0 Å². The van der Waals surface area contributed by atoms with E-state index in [1.54, 1.807) is 0 Å². The van der Waals surface area contributed by atoms with Gasteiger partial charge in [-0.15, -0.1) is 0 Å². The van der Waals surface area contributed by atoms with Crippen molar-refractivity contribution < 1.29 is 0 Å². The van der Waals surface area contributed by atoms with Crippen molar-refractivity contribution in [1.29, 1.82) is 0 Å². The highest BCUT2D eigenvalue weighted by molar-refractivity contribution is 4.95. The van der Waals surface area contributed by atoms with Gasteiger partial charge in [-0.1, -0.05) is 0 Å². The first-order valence-corrected chi connectivity index (χ1v) is 6.46. The number of fused-ring (bicyclic) bond motifs is 1. The van der Waals surface area contributed by atoms with Gasteiger partial charge in [0.25, 0.3) is 0 Å². The summed E-state index contributed by atoms with van der Waals surface area (Å²) in [4.78, 5) is 5.20. The number of hydrogen-bond donors (Lipinski definition) is 1. The first-order chi connectivity index (χ1) is 7.33. The molecule has 15 heavy (non-hydrogen) atoms. The summed E-state index contributed by atoms with van der Waals surface area (Å²) in [5, 5.41) is 3.53. The maximum atomic E-state index is 3.53. The van der Waals surface area contributed by atoms with Crippen LogP contribution in [0.2, 0.25) is 0 Å². The van der Waals surface area contributed by atoms with E-state index >= 15 is 0 Å². The molecule has 3 rings (SSSR count). The van der Waals surface area contributed by atoms with Crippen LogP contribution in [-0.2, 0) is 0 Å². The van der Waals surface area contributed by atoms with Gasteiger partial charge in [0.2, 0.25) is 0 Å². The van der Waals surface area contributed by atoms with Crippen LogP contribution in [0.3, 0.4) is 0 Å². The third-order valence-electron chi connectivity index (χ3n) is 4.68. The summed E-state index contributed by atoms with van der Waals surface area (Å²) in [6, 6.07) is 0.913. The molecule has 3 heteroatoms. The molecule has 2 saturated heterocycles. The molecule has 2 atom stereocenters. The molecule has 2 heterocycles. The highest BCUT2D eigenvalue weighted by Gasteiger charge is 2.39. The minimum absolute atomic E-state index is 0.913. The smallest absolute Gasteiger partial charge is 0.0113 e. The van der Waals surface area contributed by atoms with Gasteiger partial charge >= 0.3 is 0 Å². The fourth-order valence-corrected chi connectivity index (χ4v) is 3.62. The Labute approximate surface area is 92.8 Å². The van der Waals surface area contributed by atoms with E-state index in [0.29, 0.717) is 0 Å². The van der Waals surface area contributed by atoms with Crippen LogP contribution < -0.4 is 5.32 Å². The predicted molar refractivity (Wildman–Crippen MR) is 61.9 cm³/mol. The maximum absolute atomic E-state index is 3.53. The molecule has 86 valence electrons. The van der Waals surface area contributed by atoms with Gasteiger partial charge < -0.3 is 10.2 Å². The Kier molecular flexibility index (Phi) is 2.71. The number of likely N-dealkylation sites (N-methyl/N-ethyl adjacent to an activating group) is 1. The van der Waals surface area contributed by atoms with Crippen LogP contribution in [0.5, 0.6) is 0 Å². The molecule has 0 bridgehead atoms. The Hall–Kier alpha value is -0.120. The fourth-order valence-electron chi connectivity index (χ4n) is 3.62. The third-order valence-corrected chi connectivity index (χ3v) is 4.68. The lowest BCUT2D eigenvalue weighted by molar-refractivity contribution is 0.110. The standard InChI is InChI=1S/C12H23N3/c1-14-2-4-15(5-3-14)12-6-10-8-13-9-11(10)7-12/h10-13H,2-9H2,1H3. The summed E-state index contributed by atoms with van der Waals surface area (Å²) < 4.78 is 0. The summed E-state index contributed by atoms with van der Waals surface area (Å²) in [5.41, 5.74) is 0. The fraction of sp³-hybridized carbons (Fsp3) is 1.00. The van der Waals surface area contributed by atoms with E-state index in [1.807, 2.05) is 0 Å². The molecule has 1 aliphatic carbocycles. The Bertz CT molecular complexity index is 211. The van der Waals surface area contributed by atoms with Crippen molar-refractivity contribution >= 4 is 0 Å². The molecule has 3 nitrogen and oxygen atoms in total. The van der Waals surface area contributed by atoms with E-state index in [2.05, 4.69) is 22.2 Å². The van der Waals surface area contributed by atoms with Crippen molar-refractivity contribution in [2.45, 2.75) is 18.9 Å². The van der Waals surface area contributed by atoms with Crippen LogP contribution in [0.4, 0.5) is 0 Å². The summed E-state index contributed by atoms with van der Waals surface area (Å²) in [7, 11) is 2.24. The van der Waals surface area contributed by atoms with Gasteiger partial charge in [0.05, 0.1) is 0 Å². The molecule has 0 aromatic heterocycles. The number of piperazine rings is 1. The first-order valence-electron chi connectivity index (χ1n) is 6.46. The predicted octanol–water partition coefficient (Wildman–Crippen LogP) is 0.232. The molecule has 0 amide bonds. The largest absolute Gasteiger partial charge is 0.316 e. The van der Waals surface area contributed by atoms with E-state index < -0.39 is 0 Å². The van der Waals surface area contributed by atoms with Crippen molar-refractivity contribution in [3.63, 3.8) is 0 Å². The zero-order valence-electron chi connectivity index (χ0n) is 9.78. The topological polar surface area (TPSA) is 18.5 Å². The summed E-state index contributed by atoms with van der Waals surface area (Å²) in [5.74, 6) is 1.99. The zero-order chi connectivity index (χ0) is 10.3. The number of hydrogen-bond acceptors (Lipinski definition) is 3. The molecule has 2 unspecified atom stereocenters. The Morgan fingerprint density at radius 3 is 2.13 bits per heavy atom. The molecule has 0 aromatic rings. The van der Waals surface area contributed by atoms with Crippen LogP contribution in [0.1, 0.15) is 12.8 Å². The zero-order valence-corrected chi connectivity index (χ0v) is 9.78. The second-order valence-electron chi connectivity index (χ2n) is 5.64. The van der Waals surface area contributed by atoms with Crippen molar-refractivity contribution in [3.05, 3.63) is 0 Å². The van der Waals surface area contributed by atoms with Crippen LogP contribution in [0.15, 0.2) is 0 Å². The number of nitrogens with zero attached hydrogens (tertiary/aromatic N) is 2. The molecular weight excluding hydrogens is 186 g/mol. The highest BCUT2D eigenvalue weighted by atomic mass is 15.3. The van der Waals surface area contributed by atoms with E-state index in [1.165, 1.54) is 52.1 Å². The lowest BCUT2D eigenvalue weighted by Gasteiger charge is -2.36. The van der Waals surface area contributed by atoms with E-state index in [0.717, 1.165) is 17.9 Å². The third kappa shape index (κ3) is 1.93. The first kappa shape index (κ1) is 10.1. The summed E-state index contributed by atoms with van der Waals surface area (Å²) >= 11 is 0. The molecule has 3 aliphatic rings. The monoisotopic (exact) mass is 209 g/mol. The van der Waals surface area contributed by atoms with Gasteiger partial charge in [-0.3, -0.25) is 4.90 Å². The van der Waals surface area contributed by atoms with E-state index in [9.17, 15) is 0 Å². The minimum Gasteiger partial charge on any atom is -0.316 e.